The predicted molar refractivity (Wildman–Crippen MR) is 101 cm³/mol. The molecular weight excluding hydrogens is 418 g/mol. The predicted octanol–water partition coefficient (Wildman–Crippen LogP) is -0.274. The summed E-state index contributed by atoms with van der Waals surface area (Å²) in [6.45, 7) is 0.503. The summed E-state index contributed by atoms with van der Waals surface area (Å²) < 4.78 is 16.0. The van der Waals surface area contributed by atoms with E-state index in [0.717, 1.165) is 4.57 Å². The maximum atomic E-state index is 12.0. The van der Waals surface area contributed by atoms with E-state index in [-0.39, 0.29) is 16.8 Å². The third-order valence-corrected chi connectivity index (χ3v) is 4.66. The summed E-state index contributed by atoms with van der Waals surface area (Å²) in [5, 5.41) is 31.3. The highest BCUT2D eigenvalue weighted by Crippen LogP contribution is 2.28. The normalized spacial score (nSPS) is 22.8. The number of carbonyl (C=O) groups excluding carboxylic acids is 1. The van der Waals surface area contributed by atoms with E-state index in [1.54, 1.807) is 6.07 Å². The number of H-pyrrole nitrogens is 1. The van der Waals surface area contributed by atoms with Crippen LogP contribution in [0, 0.1) is 17.0 Å². The molecule has 3 rings (SSSR count). The van der Waals surface area contributed by atoms with E-state index in [2.05, 4.69) is 4.98 Å². The number of hydrogen-bond donors (Lipinski definition) is 3. The number of nitrogens with zero attached hydrogens (tertiary/aromatic N) is 2. The summed E-state index contributed by atoms with van der Waals surface area (Å²) in [6.07, 6.45) is -5.57. The lowest BCUT2D eigenvalue weighted by molar-refractivity contribution is -0.385. The number of benzene rings is 1. The lowest BCUT2D eigenvalue weighted by Gasteiger charge is -2.17. The minimum absolute atomic E-state index is 0.157. The van der Waals surface area contributed by atoms with E-state index in [4.69, 9.17) is 14.2 Å². The van der Waals surface area contributed by atoms with Gasteiger partial charge in [0.05, 0.1) is 10.5 Å². The first-order chi connectivity index (χ1) is 14.7. The Hall–Kier alpha value is -3.55. The van der Waals surface area contributed by atoms with E-state index in [1.807, 2.05) is 0 Å². The van der Waals surface area contributed by atoms with Crippen LogP contribution in [0.5, 0.6) is 0 Å². The molecule has 4 atom stereocenters. The van der Waals surface area contributed by atoms with E-state index in [1.165, 1.54) is 31.3 Å². The number of aryl methyl sites for hydroxylation is 1. The molecule has 13 nitrogen and oxygen atoms in total. The molecule has 3 N–H and O–H groups in total. The smallest absolute Gasteiger partial charge is 0.431 e. The quantitative estimate of drug-likeness (QED) is 0.309. The summed E-state index contributed by atoms with van der Waals surface area (Å²) in [6, 6.07) is 5.69. The van der Waals surface area contributed by atoms with Gasteiger partial charge < -0.3 is 24.4 Å². The second-order valence-corrected chi connectivity index (χ2v) is 6.76. The number of aliphatic hydroxyl groups excluding tert-OH is 2. The molecule has 0 saturated carbocycles. The number of aromatic nitrogens is 2. The fourth-order valence-corrected chi connectivity index (χ4v) is 3.01. The van der Waals surface area contributed by atoms with Gasteiger partial charge in [-0.1, -0.05) is 12.1 Å². The van der Waals surface area contributed by atoms with E-state index < -0.39 is 60.1 Å². The number of nitro groups is 1. The molecule has 1 aromatic carbocycles. The van der Waals surface area contributed by atoms with Crippen LogP contribution in [0.25, 0.3) is 0 Å². The Balaban J connectivity index is 1.59. The molecule has 2 heterocycles. The van der Waals surface area contributed by atoms with Crippen LogP contribution in [0.2, 0.25) is 0 Å². The van der Waals surface area contributed by atoms with Crippen molar-refractivity contribution in [2.75, 3.05) is 6.61 Å². The maximum Gasteiger partial charge on any atom is 0.508 e. The fourth-order valence-electron chi connectivity index (χ4n) is 3.01. The Morgan fingerprint density at radius 2 is 1.97 bits per heavy atom. The summed E-state index contributed by atoms with van der Waals surface area (Å²) in [5.41, 5.74) is -1.33. The van der Waals surface area contributed by atoms with Crippen molar-refractivity contribution in [3.63, 3.8) is 0 Å². The summed E-state index contributed by atoms with van der Waals surface area (Å²) >= 11 is 0. The monoisotopic (exact) mass is 437 g/mol. The molecular formula is C18H19N3O10. The van der Waals surface area contributed by atoms with Gasteiger partial charge in [-0.2, -0.15) is 0 Å². The molecule has 1 fully saturated rings. The largest absolute Gasteiger partial charge is 0.508 e. The minimum atomic E-state index is -1.54. The maximum absolute atomic E-state index is 12.0. The first-order valence-corrected chi connectivity index (χ1v) is 9.04. The average molecular weight is 437 g/mol. The van der Waals surface area contributed by atoms with Crippen molar-refractivity contribution < 1.29 is 34.1 Å². The second-order valence-electron chi connectivity index (χ2n) is 6.76. The molecule has 1 aromatic heterocycles. The topological polar surface area (TPSA) is 183 Å². The lowest BCUT2D eigenvalue weighted by Crippen LogP contribution is -2.38. The van der Waals surface area contributed by atoms with Crippen molar-refractivity contribution in [1.29, 1.82) is 0 Å². The molecule has 2 aromatic rings. The highest BCUT2D eigenvalue weighted by molar-refractivity contribution is 5.60. The molecule has 166 valence electrons. The number of aliphatic hydroxyl groups is 2. The van der Waals surface area contributed by atoms with Crippen molar-refractivity contribution in [3.8, 4) is 0 Å². The van der Waals surface area contributed by atoms with Crippen LogP contribution in [0.4, 0.5) is 10.5 Å². The molecule has 0 radical (unpaired) electrons. The Kier molecular flexibility index (Phi) is 6.48. The van der Waals surface area contributed by atoms with Crippen molar-refractivity contribution in [1.82, 2.24) is 9.55 Å². The van der Waals surface area contributed by atoms with Crippen LogP contribution in [0.3, 0.4) is 0 Å². The first kappa shape index (κ1) is 22.1. The summed E-state index contributed by atoms with van der Waals surface area (Å²) in [7, 11) is 0. The molecule has 13 heteroatoms. The number of carbonyl (C=O) groups is 1. The number of hydrogen-bond acceptors (Lipinski definition) is 10. The zero-order valence-corrected chi connectivity index (χ0v) is 16.2. The van der Waals surface area contributed by atoms with Crippen molar-refractivity contribution in [3.05, 3.63) is 72.5 Å². The molecule has 0 bridgehead atoms. The van der Waals surface area contributed by atoms with Crippen LogP contribution in [-0.2, 0) is 20.8 Å². The standard InChI is InChI=1S/C18H19N3O10/c1-9-6-20(17(25)19-15(9)24)16-14(23)13(22)12(31-16)8-30-18(26)29-7-10-4-2-3-5-11(10)21(27)28/h2-6,12-14,16,22-23H,7-8H2,1H3,(H,19,24,25)/t12-,13?,14?,16-/m1/s1. The van der Waals surface area contributed by atoms with Crippen LogP contribution in [0.1, 0.15) is 17.4 Å². The third-order valence-electron chi connectivity index (χ3n) is 4.66. The van der Waals surface area contributed by atoms with Gasteiger partial charge in [0.2, 0.25) is 0 Å². The van der Waals surface area contributed by atoms with Gasteiger partial charge in [-0.05, 0) is 13.0 Å². The Morgan fingerprint density at radius 3 is 2.68 bits per heavy atom. The van der Waals surface area contributed by atoms with Crippen LogP contribution in [0.15, 0.2) is 40.1 Å². The number of para-hydroxylation sites is 1. The van der Waals surface area contributed by atoms with Gasteiger partial charge in [-0.15, -0.1) is 0 Å². The number of ether oxygens (including phenoxy) is 3. The molecule has 0 spiro atoms. The summed E-state index contributed by atoms with van der Waals surface area (Å²) in [4.78, 5) is 47.7. The number of nitro benzene ring substituents is 1. The number of nitrogens with one attached hydrogen (secondary N) is 1. The molecule has 2 unspecified atom stereocenters. The van der Waals surface area contributed by atoms with Crippen LogP contribution in [-0.4, -0.2) is 55.8 Å². The second kappa shape index (κ2) is 9.07. The Labute approximate surface area is 173 Å². The van der Waals surface area contributed by atoms with Gasteiger partial charge in [0.15, 0.2) is 6.23 Å². The molecule has 1 saturated heterocycles. The Bertz CT molecular complexity index is 1090. The minimum Gasteiger partial charge on any atom is -0.431 e. The van der Waals surface area contributed by atoms with E-state index in [9.17, 15) is 34.7 Å². The molecule has 0 amide bonds. The van der Waals surface area contributed by atoms with Gasteiger partial charge >= 0.3 is 11.8 Å². The molecule has 31 heavy (non-hydrogen) atoms. The third kappa shape index (κ3) is 4.79. The molecule has 0 aliphatic carbocycles. The highest BCUT2D eigenvalue weighted by atomic mass is 16.7. The molecule has 1 aliphatic heterocycles. The van der Waals surface area contributed by atoms with Gasteiger partial charge in [0, 0.05) is 17.8 Å². The van der Waals surface area contributed by atoms with Gasteiger partial charge in [0.1, 0.15) is 31.5 Å². The van der Waals surface area contributed by atoms with Crippen LogP contribution >= 0.6 is 0 Å². The summed E-state index contributed by atoms with van der Waals surface area (Å²) in [5.74, 6) is 0. The van der Waals surface area contributed by atoms with Crippen LogP contribution < -0.4 is 11.2 Å². The average Bonchev–Trinajstić information content (AvgIpc) is 3.01. The Morgan fingerprint density at radius 1 is 1.26 bits per heavy atom. The molecule has 1 aliphatic rings. The SMILES string of the molecule is Cc1cn([C@@H]2O[C@H](COC(=O)OCc3ccccc3[N+](=O)[O-])C(O)C2O)c(=O)[nH]c1=O. The van der Waals surface area contributed by atoms with Gasteiger partial charge in [0.25, 0.3) is 11.2 Å². The lowest BCUT2D eigenvalue weighted by atomic mass is 10.1. The van der Waals surface area contributed by atoms with Crippen molar-refractivity contribution in [2.45, 2.75) is 38.1 Å². The van der Waals surface area contributed by atoms with E-state index in [0.29, 0.717) is 0 Å². The number of rotatable bonds is 6. The zero-order chi connectivity index (χ0) is 22.7. The van der Waals surface area contributed by atoms with Crippen molar-refractivity contribution in [2.24, 2.45) is 0 Å². The van der Waals surface area contributed by atoms with Gasteiger partial charge in [-0.3, -0.25) is 24.5 Å². The van der Waals surface area contributed by atoms with Crippen molar-refractivity contribution >= 4 is 11.8 Å². The first-order valence-electron chi connectivity index (χ1n) is 9.04. The van der Waals surface area contributed by atoms with E-state index >= 15 is 0 Å². The number of aromatic amines is 1. The van der Waals surface area contributed by atoms with Gasteiger partial charge in [-0.25, -0.2) is 9.59 Å². The zero-order valence-electron chi connectivity index (χ0n) is 16.2. The highest BCUT2D eigenvalue weighted by Gasteiger charge is 2.44. The fraction of sp³-hybridized carbons (Fsp3) is 0.389.